The molecule has 0 radical (unpaired) electrons. The Labute approximate surface area is 187 Å². The topological polar surface area (TPSA) is 76.6 Å². The summed E-state index contributed by atoms with van der Waals surface area (Å²) in [6, 6.07) is 13.7. The number of amides is 1. The summed E-state index contributed by atoms with van der Waals surface area (Å²) < 4.78 is 11.2. The van der Waals surface area contributed by atoms with Crippen LogP contribution in [0.4, 0.5) is 0 Å². The zero-order valence-electron chi connectivity index (χ0n) is 18.1. The molecule has 0 saturated carbocycles. The van der Waals surface area contributed by atoms with E-state index in [1.54, 1.807) is 12.4 Å². The minimum absolute atomic E-state index is 0.0731. The molecule has 1 aromatic carbocycles. The molecule has 5 rings (SSSR count). The number of rotatable bonds is 6. The Hall–Kier alpha value is -2.87. The molecular formula is C25H28N4O3. The second-order valence-electron chi connectivity index (χ2n) is 8.36. The van der Waals surface area contributed by atoms with E-state index < -0.39 is 0 Å². The Balaban J connectivity index is 1.41. The maximum Gasteiger partial charge on any atom is 0.252 e. The molecule has 4 heterocycles. The number of nitrogens with one attached hydrogen (secondary N) is 1. The zero-order valence-corrected chi connectivity index (χ0v) is 18.1. The minimum Gasteiger partial charge on any atom is -0.381 e. The largest absolute Gasteiger partial charge is 0.381 e. The van der Waals surface area contributed by atoms with Crippen molar-refractivity contribution in [1.82, 2.24) is 20.2 Å². The molecule has 2 aromatic heterocycles. The van der Waals surface area contributed by atoms with Crippen LogP contribution in [0.15, 0.2) is 54.9 Å². The van der Waals surface area contributed by atoms with Gasteiger partial charge in [-0.1, -0.05) is 18.2 Å². The van der Waals surface area contributed by atoms with Crippen LogP contribution in [0.3, 0.4) is 0 Å². The van der Waals surface area contributed by atoms with Crippen molar-refractivity contribution >= 4 is 16.8 Å². The molecule has 2 unspecified atom stereocenters. The highest BCUT2D eigenvalue weighted by Gasteiger charge is 2.32. The molecule has 1 amide bonds. The van der Waals surface area contributed by atoms with Crippen LogP contribution in [0.1, 0.15) is 16.8 Å². The smallest absolute Gasteiger partial charge is 0.252 e. The van der Waals surface area contributed by atoms with Gasteiger partial charge < -0.3 is 14.8 Å². The number of fused-ring (bicyclic) bond motifs is 1. The van der Waals surface area contributed by atoms with Crippen molar-refractivity contribution in [3.8, 4) is 11.3 Å². The molecule has 2 aliphatic rings. The van der Waals surface area contributed by atoms with Crippen LogP contribution in [-0.2, 0) is 9.47 Å². The van der Waals surface area contributed by atoms with Gasteiger partial charge in [0.2, 0.25) is 0 Å². The van der Waals surface area contributed by atoms with Gasteiger partial charge in [0.15, 0.2) is 0 Å². The van der Waals surface area contributed by atoms with E-state index in [4.69, 9.17) is 14.5 Å². The number of para-hydroxylation sites is 1. The van der Waals surface area contributed by atoms with Gasteiger partial charge in [0, 0.05) is 61.5 Å². The Kier molecular flexibility index (Phi) is 6.39. The summed E-state index contributed by atoms with van der Waals surface area (Å²) in [7, 11) is 0. The van der Waals surface area contributed by atoms with E-state index in [1.165, 1.54) is 0 Å². The number of aromatic nitrogens is 2. The Morgan fingerprint density at radius 2 is 1.91 bits per heavy atom. The van der Waals surface area contributed by atoms with E-state index >= 15 is 0 Å². The molecular weight excluding hydrogens is 404 g/mol. The van der Waals surface area contributed by atoms with Crippen LogP contribution < -0.4 is 5.32 Å². The zero-order chi connectivity index (χ0) is 21.8. The summed E-state index contributed by atoms with van der Waals surface area (Å²) in [5.74, 6) is 0.353. The van der Waals surface area contributed by atoms with E-state index in [0.29, 0.717) is 18.0 Å². The fraction of sp³-hybridized carbons (Fsp3) is 0.400. The molecule has 2 aliphatic heterocycles. The standard InChI is InChI=1S/C25H28N4O3/c30-25(27-16-24(19-7-12-32-17-19)29-10-13-31-14-11-29)21-15-23(18-5-8-26-9-6-18)28-22-4-2-1-3-20(21)22/h1-6,8-9,15,19,24H,7,10-14,16-17H2,(H,27,30). The molecule has 3 aromatic rings. The highest BCUT2D eigenvalue weighted by atomic mass is 16.5. The minimum atomic E-state index is -0.0731. The molecule has 2 saturated heterocycles. The molecule has 1 N–H and O–H groups in total. The Bertz CT molecular complexity index is 1060. The molecule has 0 spiro atoms. The molecule has 7 heteroatoms. The van der Waals surface area contributed by atoms with Gasteiger partial charge >= 0.3 is 0 Å². The number of hydrogen-bond acceptors (Lipinski definition) is 6. The highest BCUT2D eigenvalue weighted by Crippen LogP contribution is 2.25. The van der Waals surface area contributed by atoms with E-state index in [1.807, 2.05) is 42.5 Å². The number of nitrogens with zero attached hydrogens (tertiary/aromatic N) is 3. The van der Waals surface area contributed by atoms with Crippen LogP contribution in [-0.4, -0.2) is 72.9 Å². The molecule has 0 aliphatic carbocycles. The van der Waals surface area contributed by atoms with Gasteiger partial charge in [-0.2, -0.15) is 0 Å². The second-order valence-corrected chi connectivity index (χ2v) is 8.36. The van der Waals surface area contributed by atoms with Crippen LogP contribution in [0, 0.1) is 5.92 Å². The summed E-state index contributed by atoms with van der Waals surface area (Å²) in [5.41, 5.74) is 3.16. The Morgan fingerprint density at radius 1 is 1.09 bits per heavy atom. The number of ether oxygens (including phenoxy) is 2. The predicted octanol–water partition coefficient (Wildman–Crippen LogP) is 2.76. The first kappa shape index (κ1) is 21.0. The third-order valence-corrected chi connectivity index (χ3v) is 6.43. The lowest BCUT2D eigenvalue weighted by Crippen LogP contribution is -2.52. The van der Waals surface area contributed by atoms with E-state index in [9.17, 15) is 4.79 Å². The van der Waals surface area contributed by atoms with E-state index in [2.05, 4.69) is 15.2 Å². The van der Waals surface area contributed by atoms with Gasteiger partial charge in [-0.15, -0.1) is 0 Å². The number of pyridine rings is 2. The van der Waals surface area contributed by atoms with Gasteiger partial charge in [0.1, 0.15) is 0 Å². The summed E-state index contributed by atoms with van der Waals surface area (Å²) in [6.07, 6.45) is 4.51. The maximum atomic E-state index is 13.4. The van der Waals surface area contributed by atoms with Crippen LogP contribution in [0.2, 0.25) is 0 Å². The van der Waals surface area contributed by atoms with Crippen molar-refractivity contribution in [1.29, 1.82) is 0 Å². The monoisotopic (exact) mass is 432 g/mol. The van der Waals surface area contributed by atoms with E-state index in [0.717, 1.165) is 68.1 Å². The van der Waals surface area contributed by atoms with Gasteiger partial charge in [0.05, 0.1) is 36.6 Å². The fourth-order valence-electron chi connectivity index (χ4n) is 4.69. The summed E-state index contributed by atoms with van der Waals surface area (Å²) in [4.78, 5) is 24.7. The van der Waals surface area contributed by atoms with Crippen molar-refractivity contribution < 1.29 is 14.3 Å². The maximum absolute atomic E-state index is 13.4. The molecule has 0 bridgehead atoms. The van der Waals surface area contributed by atoms with Gasteiger partial charge in [-0.3, -0.25) is 14.7 Å². The molecule has 32 heavy (non-hydrogen) atoms. The lowest BCUT2D eigenvalue weighted by molar-refractivity contribution is 0.00167. The number of morpholine rings is 1. The molecule has 2 atom stereocenters. The Morgan fingerprint density at radius 3 is 2.69 bits per heavy atom. The SMILES string of the molecule is O=C(NCC(C1CCOC1)N1CCOCC1)c1cc(-c2ccncc2)nc2ccccc12. The number of benzene rings is 1. The molecule has 166 valence electrons. The second kappa shape index (κ2) is 9.73. The first-order valence-corrected chi connectivity index (χ1v) is 11.3. The van der Waals surface area contributed by atoms with Crippen LogP contribution in [0.25, 0.3) is 22.2 Å². The van der Waals surface area contributed by atoms with Crippen LogP contribution >= 0.6 is 0 Å². The average Bonchev–Trinajstić information content (AvgIpc) is 3.39. The predicted molar refractivity (Wildman–Crippen MR) is 122 cm³/mol. The summed E-state index contributed by atoms with van der Waals surface area (Å²) in [6.45, 7) is 5.40. The van der Waals surface area contributed by atoms with Gasteiger partial charge in [-0.25, -0.2) is 4.98 Å². The van der Waals surface area contributed by atoms with Crippen molar-refractivity contribution in [2.45, 2.75) is 12.5 Å². The van der Waals surface area contributed by atoms with Crippen molar-refractivity contribution in [2.24, 2.45) is 5.92 Å². The first-order chi connectivity index (χ1) is 15.8. The van der Waals surface area contributed by atoms with Gasteiger partial charge in [0.25, 0.3) is 5.91 Å². The third kappa shape index (κ3) is 4.50. The normalized spacial score (nSPS) is 20.3. The lowest BCUT2D eigenvalue weighted by Gasteiger charge is -2.37. The fourth-order valence-corrected chi connectivity index (χ4v) is 4.69. The van der Waals surface area contributed by atoms with Crippen molar-refractivity contribution in [3.63, 3.8) is 0 Å². The number of carbonyl (C=O) groups excluding carboxylic acids is 1. The number of carbonyl (C=O) groups is 1. The van der Waals surface area contributed by atoms with Crippen LogP contribution in [0.5, 0.6) is 0 Å². The first-order valence-electron chi connectivity index (χ1n) is 11.3. The average molecular weight is 433 g/mol. The van der Waals surface area contributed by atoms with E-state index in [-0.39, 0.29) is 11.9 Å². The van der Waals surface area contributed by atoms with Crippen molar-refractivity contribution in [3.05, 3.63) is 60.4 Å². The lowest BCUT2D eigenvalue weighted by atomic mass is 9.96. The molecule has 2 fully saturated rings. The summed E-state index contributed by atoms with van der Waals surface area (Å²) >= 11 is 0. The highest BCUT2D eigenvalue weighted by molar-refractivity contribution is 6.07. The molecule has 7 nitrogen and oxygen atoms in total. The van der Waals surface area contributed by atoms with Crippen molar-refractivity contribution in [2.75, 3.05) is 46.1 Å². The summed E-state index contributed by atoms with van der Waals surface area (Å²) in [5, 5.41) is 4.08. The number of hydrogen-bond donors (Lipinski definition) is 1. The van der Waals surface area contributed by atoms with Gasteiger partial charge in [-0.05, 0) is 30.7 Å². The quantitative estimate of drug-likeness (QED) is 0.646. The third-order valence-electron chi connectivity index (χ3n) is 6.43.